The molecule has 0 aromatic carbocycles. The monoisotopic (exact) mass is 331 g/mol. The van der Waals surface area contributed by atoms with Crippen LogP contribution < -0.4 is 11.1 Å². The van der Waals surface area contributed by atoms with E-state index in [1.807, 2.05) is 6.08 Å². The standard InChI is InChI=1S/C16H27Cl2N3/c17-14-2-1-3-15(16(14)18)21-11-10-20-9-8-12-4-6-13(19)7-5-12/h1,3,12-14,16,20H,2,4-11,19H2. The summed E-state index contributed by atoms with van der Waals surface area (Å²) in [6.07, 6.45) is 11.1. The minimum Gasteiger partial charge on any atom is -0.328 e. The Morgan fingerprint density at radius 3 is 2.71 bits per heavy atom. The molecular formula is C16H27Cl2N3. The summed E-state index contributed by atoms with van der Waals surface area (Å²) in [6.45, 7) is 2.74. The summed E-state index contributed by atoms with van der Waals surface area (Å²) < 4.78 is 0. The van der Waals surface area contributed by atoms with Gasteiger partial charge in [0.25, 0.3) is 0 Å². The molecule has 0 heterocycles. The molecule has 2 rings (SSSR count). The first-order valence-corrected chi connectivity index (χ1v) is 8.99. The molecule has 3 nitrogen and oxygen atoms in total. The van der Waals surface area contributed by atoms with Crippen LogP contribution in [-0.4, -0.2) is 42.1 Å². The molecule has 0 bridgehead atoms. The van der Waals surface area contributed by atoms with Crippen LogP contribution in [0.1, 0.15) is 38.5 Å². The lowest BCUT2D eigenvalue weighted by Gasteiger charge is -2.26. The van der Waals surface area contributed by atoms with E-state index in [1.54, 1.807) is 0 Å². The van der Waals surface area contributed by atoms with E-state index in [1.165, 1.54) is 32.1 Å². The van der Waals surface area contributed by atoms with Crippen LogP contribution in [0.25, 0.3) is 0 Å². The summed E-state index contributed by atoms with van der Waals surface area (Å²) in [5, 5.41) is 3.29. The van der Waals surface area contributed by atoms with E-state index >= 15 is 0 Å². The van der Waals surface area contributed by atoms with Crippen LogP contribution in [0.3, 0.4) is 0 Å². The number of alkyl halides is 2. The predicted molar refractivity (Wildman–Crippen MR) is 92.8 cm³/mol. The number of rotatable bonds is 6. The van der Waals surface area contributed by atoms with Crippen molar-refractivity contribution in [1.82, 2.24) is 5.32 Å². The third kappa shape index (κ3) is 5.90. The van der Waals surface area contributed by atoms with Crippen molar-refractivity contribution in [3.05, 3.63) is 12.2 Å². The molecule has 0 aromatic heterocycles. The van der Waals surface area contributed by atoms with Crippen molar-refractivity contribution in [3.63, 3.8) is 0 Å². The maximum atomic E-state index is 6.24. The number of nitrogens with two attached hydrogens (primary N) is 1. The van der Waals surface area contributed by atoms with Crippen molar-refractivity contribution in [1.29, 1.82) is 0 Å². The van der Waals surface area contributed by atoms with Gasteiger partial charge in [0.05, 0.1) is 23.0 Å². The quantitative estimate of drug-likeness (QED) is 0.580. The number of hydrogen-bond acceptors (Lipinski definition) is 3. The molecule has 0 radical (unpaired) electrons. The van der Waals surface area contributed by atoms with E-state index in [9.17, 15) is 0 Å². The Hall–Kier alpha value is -0.0900. The molecule has 2 aliphatic carbocycles. The van der Waals surface area contributed by atoms with E-state index in [0.717, 1.165) is 37.7 Å². The van der Waals surface area contributed by atoms with Crippen molar-refractivity contribution in [2.45, 2.75) is 55.3 Å². The second kappa shape index (κ2) is 9.14. The third-order valence-corrected chi connectivity index (χ3v) is 5.54. The summed E-state index contributed by atoms with van der Waals surface area (Å²) in [7, 11) is 0. The highest BCUT2D eigenvalue weighted by molar-refractivity contribution is 6.40. The fraction of sp³-hybridized carbons (Fsp3) is 0.812. The fourth-order valence-electron chi connectivity index (χ4n) is 3.03. The van der Waals surface area contributed by atoms with E-state index in [0.29, 0.717) is 6.04 Å². The molecule has 0 saturated heterocycles. The molecule has 0 aliphatic heterocycles. The molecule has 2 atom stereocenters. The van der Waals surface area contributed by atoms with Crippen LogP contribution in [-0.2, 0) is 0 Å². The summed E-state index contributed by atoms with van der Waals surface area (Å²) >= 11 is 12.4. The second-order valence-electron chi connectivity index (χ2n) is 6.18. The van der Waals surface area contributed by atoms with Gasteiger partial charge in [0.1, 0.15) is 0 Å². The highest BCUT2D eigenvalue weighted by Gasteiger charge is 2.22. The van der Waals surface area contributed by atoms with E-state index in [4.69, 9.17) is 28.9 Å². The third-order valence-electron chi connectivity index (χ3n) is 4.45. The van der Waals surface area contributed by atoms with Crippen molar-refractivity contribution in [2.24, 2.45) is 16.6 Å². The van der Waals surface area contributed by atoms with Gasteiger partial charge in [-0.3, -0.25) is 4.99 Å². The Labute approximate surface area is 138 Å². The first-order valence-electron chi connectivity index (χ1n) is 8.12. The second-order valence-corrected chi connectivity index (χ2v) is 7.21. The normalized spacial score (nSPS) is 35.3. The molecular weight excluding hydrogens is 305 g/mol. The average Bonchev–Trinajstić information content (AvgIpc) is 2.49. The van der Waals surface area contributed by atoms with Crippen molar-refractivity contribution < 1.29 is 0 Å². The van der Waals surface area contributed by atoms with Crippen LogP contribution in [0.4, 0.5) is 0 Å². The van der Waals surface area contributed by atoms with Gasteiger partial charge < -0.3 is 11.1 Å². The van der Waals surface area contributed by atoms with E-state index in [-0.39, 0.29) is 10.8 Å². The Kier molecular flexibility index (Phi) is 7.51. The average molecular weight is 332 g/mol. The maximum absolute atomic E-state index is 6.24. The summed E-state index contributed by atoms with van der Waals surface area (Å²) in [5.41, 5.74) is 6.85. The number of allylic oxidation sites excluding steroid dienone is 2. The molecule has 5 heteroatoms. The molecule has 2 aliphatic rings. The zero-order valence-corrected chi connectivity index (χ0v) is 14.1. The molecule has 2 unspecified atom stereocenters. The molecule has 0 aromatic rings. The number of nitrogens with one attached hydrogen (secondary N) is 1. The van der Waals surface area contributed by atoms with Gasteiger partial charge in [0.2, 0.25) is 0 Å². The first-order chi connectivity index (χ1) is 10.2. The maximum Gasteiger partial charge on any atom is 0.0918 e. The lowest BCUT2D eigenvalue weighted by molar-refractivity contribution is 0.307. The molecule has 0 spiro atoms. The van der Waals surface area contributed by atoms with Crippen molar-refractivity contribution in [3.8, 4) is 0 Å². The highest BCUT2D eigenvalue weighted by Crippen LogP contribution is 2.25. The van der Waals surface area contributed by atoms with Gasteiger partial charge >= 0.3 is 0 Å². The van der Waals surface area contributed by atoms with Crippen LogP contribution in [0, 0.1) is 5.92 Å². The Balaban J connectivity index is 1.56. The van der Waals surface area contributed by atoms with Gasteiger partial charge in [-0.25, -0.2) is 0 Å². The lowest BCUT2D eigenvalue weighted by Crippen LogP contribution is -2.29. The molecule has 1 saturated carbocycles. The van der Waals surface area contributed by atoms with Gasteiger partial charge in [-0.05, 0) is 57.1 Å². The van der Waals surface area contributed by atoms with Crippen LogP contribution >= 0.6 is 23.2 Å². The molecule has 120 valence electrons. The van der Waals surface area contributed by atoms with Crippen LogP contribution in [0.5, 0.6) is 0 Å². The Bertz CT molecular complexity index is 363. The minimum absolute atomic E-state index is 0.0268. The van der Waals surface area contributed by atoms with Gasteiger partial charge in [-0.1, -0.05) is 6.08 Å². The lowest BCUT2D eigenvalue weighted by atomic mass is 9.84. The predicted octanol–water partition coefficient (Wildman–Crippen LogP) is 3.10. The minimum atomic E-state index is -0.150. The van der Waals surface area contributed by atoms with E-state index in [2.05, 4.69) is 16.4 Å². The smallest absolute Gasteiger partial charge is 0.0918 e. The first kappa shape index (κ1) is 17.3. The van der Waals surface area contributed by atoms with Crippen molar-refractivity contribution >= 4 is 28.9 Å². The summed E-state index contributed by atoms with van der Waals surface area (Å²) in [4.78, 5) is 4.54. The van der Waals surface area contributed by atoms with Crippen LogP contribution in [0.2, 0.25) is 0 Å². The number of aliphatic imine (C=N–C) groups is 1. The molecule has 3 N–H and O–H groups in total. The largest absolute Gasteiger partial charge is 0.328 e. The topological polar surface area (TPSA) is 50.4 Å². The fourth-order valence-corrected chi connectivity index (χ4v) is 3.50. The number of hydrogen-bond donors (Lipinski definition) is 2. The van der Waals surface area contributed by atoms with Crippen molar-refractivity contribution in [2.75, 3.05) is 19.6 Å². The molecule has 21 heavy (non-hydrogen) atoms. The number of halogens is 2. The highest BCUT2D eigenvalue weighted by atomic mass is 35.5. The Morgan fingerprint density at radius 1 is 1.19 bits per heavy atom. The SMILES string of the molecule is NC1CCC(CCNCCN=C2C=CCC(Cl)C2Cl)CC1. The van der Waals surface area contributed by atoms with E-state index < -0.39 is 0 Å². The molecule has 1 fully saturated rings. The van der Waals surface area contributed by atoms with Gasteiger partial charge in [0, 0.05) is 12.6 Å². The van der Waals surface area contributed by atoms with Gasteiger partial charge in [0.15, 0.2) is 0 Å². The summed E-state index contributed by atoms with van der Waals surface area (Å²) in [5.74, 6) is 0.856. The number of nitrogens with zero attached hydrogens (tertiary/aromatic N) is 1. The zero-order chi connectivity index (χ0) is 15.1. The Morgan fingerprint density at radius 2 is 1.95 bits per heavy atom. The zero-order valence-electron chi connectivity index (χ0n) is 12.6. The van der Waals surface area contributed by atoms with Crippen LogP contribution in [0.15, 0.2) is 17.1 Å². The van der Waals surface area contributed by atoms with Gasteiger partial charge in [-0.15, -0.1) is 23.2 Å². The molecule has 0 amide bonds. The summed E-state index contributed by atoms with van der Waals surface area (Å²) in [6, 6.07) is 0.447. The van der Waals surface area contributed by atoms with Gasteiger partial charge in [-0.2, -0.15) is 0 Å².